The Kier molecular flexibility index (Phi) is 3.00. The number of nitrogens with zero attached hydrogens (tertiary/aromatic N) is 1. The number of nitro groups is 1. The van der Waals surface area contributed by atoms with Crippen molar-refractivity contribution in [3.8, 4) is 0 Å². The number of carbonyl (C=O) groups is 1. The number of ketones is 1. The highest BCUT2D eigenvalue weighted by Crippen LogP contribution is 2.28. The second kappa shape index (κ2) is 3.88. The first-order valence-corrected chi connectivity index (χ1v) is 4.69. The molecule has 74 valence electrons. The van der Waals surface area contributed by atoms with Gasteiger partial charge in [-0.15, -0.1) is 0 Å². The summed E-state index contributed by atoms with van der Waals surface area (Å²) in [5.41, 5.74) is 0.745. The molecule has 0 amide bonds. The first-order chi connectivity index (χ1) is 6.45. The van der Waals surface area contributed by atoms with Gasteiger partial charge in [0.05, 0.1) is 4.92 Å². The normalized spacial score (nSPS) is 9.93. The van der Waals surface area contributed by atoms with Crippen molar-refractivity contribution in [3.63, 3.8) is 0 Å². The van der Waals surface area contributed by atoms with E-state index in [2.05, 4.69) is 15.9 Å². The highest BCUT2D eigenvalue weighted by Gasteiger charge is 2.18. The first-order valence-electron chi connectivity index (χ1n) is 3.89. The van der Waals surface area contributed by atoms with Crippen molar-refractivity contribution >= 4 is 27.4 Å². The van der Waals surface area contributed by atoms with E-state index >= 15 is 0 Å². The Bertz CT molecular complexity index is 415. The Morgan fingerprint density at radius 3 is 2.50 bits per heavy atom. The number of carbonyl (C=O) groups excluding carboxylic acids is 1. The van der Waals surface area contributed by atoms with Gasteiger partial charge < -0.3 is 0 Å². The van der Waals surface area contributed by atoms with Crippen molar-refractivity contribution in [3.05, 3.63) is 37.8 Å². The van der Waals surface area contributed by atoms with Crippen LogP contribution >= 0.6 is 15.9 Å². The van der Waals surface area contributed by atoms with Gasteiger partial charge in [0.2, 0.25) is 0 Å². The zero-order valence-electron chi connectivity index (χ0n) is 7.70. The minimum absolute atomic E-state index is 0.0293. The Hall–Kier alpha value is -1.23. The number of halogens is 1. The van der Waals surface area contributed by atoms with Crippen LogP contribution in [0, 0.1) is 17.0 Å². The molecule has 0 saturated carbocycles. The predicted molar refractivity (Wildman–Crippen MR) is 55.5 cm³/mol. The van der Waals surface area contributed by atoms with E-state index in [-0.39, 0.29) is 11.5 Å². The molecule has 1 aromatic rings. The van der Waals surface area contributed by atoms with E-state index in [1.54, 1.807) is 6.92 Å². The molecular weight excluding hydrogens is 250 g/mol. The Balaban J connectivity index is 3.49. The fourth-order valence-corrected chi connectivity index (χ4v) is 2.01. The highest BCUT2D eigenvalue weighted by molar-refractivity contribution is 9.10. The molecule has 0 heterocycles. The number of rotatable bonds is 2. The van der Waals surface area contributed by atoms with Crippen molar-refractivity contribution in [2.24, 2.45) is 0 Å². The Morgan fingerprint density at radius 1 is 1.50 bits per heavy atom. The quantitative estimate of drug-likeness (QED) is 0.465. The van der Waals surface area contributed by atoms with Crippen molar-refractivity contribution in [2.45, 2.75) is 13.8 Å². The van der Waals surface area contributed by atoms with E-state index in [4.69, 9.17) is 0 Å². The minimum Gasteiger partial charge on any atom is -0.294 e. The maximum absolute atomic E-state index is 11.2. The number of hydrogen-bond acceptors (Lipinski definition) is 3. The summed E-state index contributed by atoms with van der Waals surface area (Å²) < 4.78 is 0.591. The van der Waals surface area contributed by atoms with Crippen LogP contribution in [-0.2, 0) is 0 Å². The number of Topliss-reactive ketones (excluding diaryl/α,β-unsaturated/α-hetero) is 1. The van der Waals surface area contributed by atoms with Crippen molar-refractivity contribution in [1.82, 2.24) is 0 Å². The van der Waals surface area contributed by atoms with Crippen molar-refractivity contribution < 1.29 is 9.72 Å². The average molecular weight is 258 g/mol. The molecule has 1 aromatic carbocycles. The van der Waals surface area contributed by atoms with Crippen LogP contribution in [-0.4, -0.2) is 10.7 Å². The fourth-order valence-electron chi connectivity index (χ4n) is 1.30. The van der Waals surface area contributed by atoms with E-state index in [9.17, 15) is 14.9 Å². The molecule has 0 fully saturated rings. The molecule has 0 aliphatic carbocycles. The van der Waals surface area contributed by atoms with Gasteiger partial charge in [-0.1, -0.05) is 15.9 Å². The summed E-state index contributed by atoms with van der Waals surface area (Å²) in [5.74, 6) is -0.182. The molecule has 1 rings (SSSR count). The van der Waals surface area contributed by atoms with Crippen LogP contribution in [0.5, 0.6) is 0 Å². The third-order valence-corrected chi connectivity index (χ3v) is 2.60. The molecule has 0 saturated heterocycles. The maximum Gasteiger partial charge on any atom is 0.273 e. The Labute approximate surface area is 89.2 Å². The summed E-state index contributed by atoms with van der Waals surface area (Å²) >= 11 is 3.19. The third kappa shape index (κ3) is 1.82. The van der Waals surface area contributed by atoms with Gasteiger partial charge in [0.25, 0.3) is 5.69 Å². The lowest BCUT2D eigenvalue weighted by Crippen LogP contribution is -2.01. The largest absolute Gasteiger partial charge is 0.294 e. The molecule has 0 atom stereocenters. The van der Waals surface area contributed by atoms with Gasteiger partial charge in [-0.25, -0.2) is 0 Å². The lowest BCUT2D eigenvalue weighted by Gasteiger charge is -2.04. The van der Waals surface area contributed by atoms with Crippen molar-refractivity contribution in [1.29, 1.82) is 0 Å². The monoisotopic (exact) mass is 257 g/mol. The van der Waals surface area contributed by atoms with Crippen LogP contribution in [0.3, 0.4) is 0 Å². The topological polar surface area (TPSA) is 60.2 Å². The van der Waals surface area contributed by atoms with E-state index in [1.165, 1.54) is 19.1 Å². The molecular formula is C9H8BrNO3. The van der Waals surface area contributed by atoms with Gasteiger partial charge in [-0.2, -0.15) is 0 Å². The second-order valence-corrected chi connectivity index (χ2v) is 3.73. The molecule has 0 radical (unpaired) electrons. The number of benzene rings is 1. The molecule has 0 aliphatic rings. The lowest BCUT2D eigenvalue weighted by molar-refractivity contribution is -0.385. The lowest BCUT2D eigenvalue weighted by atomic mass is 10.0. The van der Waals surface area contributed by atoms with Crippen LogP contribution in [0.2, 0.25) is 0 Å². The summed E-state index contributed by atoms with van der Waals surface area (Å²) in [4.78, 5) is 21.3. The summed E-state index contributed by atoms with van der Waals surface area (Å²) in [7, 11) is 0. The molecule has 0 bridgehead atoms. The van der Waals surface area contributed by atoms with E-state index < -0.39 is 4.92 Å². The SMILES string of the molecule is CC(=O)c1c(Br)ccc([N+](=O)[O-])c1C. The number of hydrogen-bond donors (Lipinski definition) is 0. The zero-order valence-corrected chi connectivity index (χ0v) is 9.29. The molecule has 4 nitrogen and oxygen atoms in total. The summed E-state index contributed by atoms with van der Waals surface area (Å²) in [6.07, 6.45) is 0. The first kappa shape index (κ1) is 10.8. The summed E-state index contributed by atoms with van der Waals surface area (Å²) in [6.45, 7) is 2.95. The predicted octanol–water partition coefficient (Wildman–Crippen LogP) is 2.87. The second-order valence-electron chi connectivity index (χ2n) is 2.88. The molecule has 14 heavy (non-hydrogen) atoms. The van der Waals surface area contributed by atoms with Crippen LogP contribution in [0.15, 0.2) is 16.6 Å². The van der Waals surface area contributed by atoms with Crippen LogP contribution in [0.4, 0.5) is 5.69 Å². The number of nitro benzene ring substituents is 1. The van der Waals surface area contributed by atoms with Gasteiger partial charge >= 0.3 is 0 Å². The van der Waals surface area contributed by atoms with Crippen molar-refractivity contribution in [2.75, 3.05) is 0 Å². The fraction of sp³-hybridized carbons (Fsp3) is 0.222. The van der Waals surface area contributed by atoms with E-state index in [0.717, 1.165) is 0 Å². The van der Waals surface area contributed by atoms with Gasteiger partial charge in [0.15, 0.2) is 5.78 Å². The Morgan fingerprint density at radius 2 is 2.07 bits per heavy atom. The summed E-state index contributed by atoms with van der Waals surface area (Å²) in [6, 6.07) is 2.90. The average Bonchev–Trinajstić information content (AvgIpc) is 2.02. The molecule has 0 aliphatic heterocycles. The molecule has 0 aromatic heterocycles. The van der Waals surface area contributed by atoms with Crippen LogP contribution < -0.4 is 0 Å². The van der Waals surface area contributed by atoms with Crippen LogP contribution in [0.25, 0.3) is 0 Å². The zero-order chi connectivity index (χ0) is 10.9. The summed E-state index contributed by atoms with van der Waals surface area (Å²) in [5, 5.41) is 10.6. The van der Waals surface area contributed by atoms with Gasteiger partial charge in [0, 0.05) is 21.7 Å². The molecule has 5 heteroatoms. The van der Waals surface area contributed by atoms with E-state index in [0.29, 0.717) is 15.6 Å². The highest BCUT2D eigenvalue weighted by atomic mass is 79.9. The maximum atomic E-state index is 11.2. The molecule has 0 spiro atoms. The van der Waals surface area contributed by atoms with Gasteiger partial charge in [-0.05, 0) is 19.9 Å². The van der Waals surface area contributed by atoms with E-state index in [1.807, 2.05) is 0 Å². The smallest absolute Gasteiger partial charge is 0.273 e. The van der Waals surface area contributed by atoms with Gasteiger partial charge in [-0.3, -0.25) is 14.9 Å². The molecule has 0 N–H and O–H groups in total. The standard InChI is InChI=1S/C9H8BrNO3/c1-5-8(11(13)14)4-3-7(10)9(5)6(2)12/h3-4H,1-2H3. The third-order valence-electron chi connectivity index (χ3n) is 1.93. The minimum atomic E-state index is -0.492. The van der Waals surface area contributed by atoms with Gasteiger partial charge in [0.1, 0.15) is 0 Å². The van der Waals surface area contributed by atoms with Crippen LogP contribution in [0.1, 0.15) is 22.8 Å². The molecule has 0 unspecified atom stereocenters.